The first-order valence-electron chi connectivity index (χ1n) is 7.01. The van der Waals surface area contributed by atoms with E-state index in [1.807, 2.05) is 0 Å². The second-order valence-electron chi connectivity index (χ2n) is 7.77. The van der Waals surface area contributed by atoms with E-state index in [1.54, 1.807) is 0 Å². The Bertz CT molecular complexity index is 409. The lowest BCUT2D eigenvalue weighted by Crippen LogP contribution is -2.48. The molecule has 0 aromatic carbocycles. The second kappa shape index (κ2) is 2.95. The fraction of sp³-hybridized carbons (Fsp3) is 1.00. The monoisotopic (exact) mass is 254 g/mol. The lowest BCUT2D eigenvalue weighted by atomic mass is 9.67. The summed E-state index contributed by atoms with van der Waals surface area (Å²) in [6.45, 7) is 6.69. The van der Waals surface area contributed by atoms with Gasteiger partial charge in [0.25, 0.3) is 0 Å². The van der Waals surface area contributed by atoms with Crippen LogP contribution < -0.4 is 0 Å². The first kappa shape index (κ1) is 11.6. The van der Waals surface area contributed by atoms with Gasteiger partial charge in [-0.1, -0.05) is 13.8 Å². The Kier molecular flexibility index (Phi) is 1.91. The number of hydrogen-bond acceptors (Lipinski definition) is 4. The van der Waals surface area contributed by atoms with Crippen LogP contribution in [0.4, 0.5) is 0 Å². The van der Waals surface area contributed by atoms with Crippen LogP contribution in [0.25, 0.3) is 0 Å². The van der Waals surface area contributed by atoms with Gasteiger partial charge in [-0.25, -0.2) is 0 Å². The van der Waals surface area contributed by atoms with Gasteiger partial charge in [-0.2, -0.15) is 0 Å². The molecule has 4 fully saturated rings. The van der Waals surface area contributed by atoms with E-state index in [0.717, 1.165) is 19.3 Å². The van der Waals surface area contributed by atoms with E-state index in [0.29, 0.717) is 17.3 Å². The van der Waals surface area contributed by atoms with Crippen molar-refractivity contribution in [1.29, 1.82) is 0 Å². The molecule has 4 aliphatic rings. The maximum atomic E-state index is 10.5. The van der Waals surface area contributed by atoms with Gasteiger partial charge >= 0.3 is 0 Å². The Balaban J connectivity index is 1.79. The van der Waals surface area contributed by atoms with Gasteiger partial charge in [0, 0.05) is 5.92 Å². The molecule has 2 aliphatic heterocycles. The summed E-state index contributed by atoms with van der Waals surface area (Å²) in [5.41, 5.74) is 0.0142. The van der Waals surface area contributed by atoms with Gasteiger partial charge in [-0.3, -0.25) is 0 Å². The zero-order chi connectivity index (χ0) is 12.9. The van der Waals surface area contributed by atoms with Crippen LogP contribution in [-0.4, -0.2) is 34.0 Å². The van der Waals surface area contributed by atoms with Crippen molar-refractivity contribution in [2.75, 3.05) is 0 Å². The maximum absolute atomic E-state index is 10.5. The smallest absolute Gasteiger partial charge is 0.224 e. The van der Waals surface area contributed by atoms with Crippen molar-refractivity contribution in [3.05, 3.63) is 0 Å². The number of rotatable bonds is 0. The van der Waals surface area contributed by atoms with Crippen LogP contribution in [0.5, 0.6) is 0 Å². The Morgan fingerprint density at radius 2 is 1.78 bits per heavy atom. The third-order valence-electron chi connectivity index (χ3n) is 5.87. The summed E-state index contributed by atoms with van der Waals surface area (Å²) in [6, 6.07) is 0. The Hall–Kier alpha value is -0.160. The molecule has 2 bridgehead atoms. The first-order valence-corrected chi connectivity index (χ1v) is 7.01. The zero-order valence-corrected chi connectivity index (χ0v) is 11.2. The van der Waals surface area contributed by atoms with Crippen LogP contribution in [0.15, 0.2) is 0 Å². The maximum Gasteiger partial charge on any atom is 0.224 e. The molecule has 0 spiro atoms. The van der Waals surface area contributed by atoms with Crippen LogP contribution in [0.2, 0.25) is 0 Å². The molecule has 102 valence electrons. The fourth-order valence-electron chi connectivity index (χ4n) is 5.25. The predicted molar refractivity (Wildman–Crippen MR) is 63.4 cm³/mol. The van der Waals surface area contributed by atoms with Crippen molar-refractivity contribution in [3.8, 4) is 0 Å². The van der Waals surface area contributed by atoms with Crippen molar-refractivity contribution in [3.63, 3.8) is 0 Å². The highest BCUT2D eigenvalue weighted by atomic mass is 16.7. The normalized spacial score (nSPS) is 64.2. The van der Waals surface area contributed by atoms with Crippen molar-refractivity contribution < 1.29 is 19.7 Å². The number of ether oxygens (including phenoxy) is 2. The number of aliphatic hydroxyl groups excluding tert-OH is 1. The van der Waals surface area contributed by atoms with Gasteiger partial charge < -0.3 is 19.7 Å². The third-order valence-corrected chi connectivity index (χ3v) is 5.87. The Morgan fingerprint density at radius 3 is 2.50 bits per heavy atom. The highest BCUT2D eigenvalue weighted by Crippen LogP contribution is 2.66. The average molecular weight is 254 g/mol. The molecular formula is C14H22O4. The molecule has 7 atom stereocenters. The van der Waals surface area contributed by atoms with E-state index in [1.165, 1.54) is 0 Å². The molecule has 4 nitrogen and oxygen atoms in total. The molecule has 2 heterocycles. The molecule has 2 saturated heterocycles. The summed E-state index contributed by atoms with van der Waals surface area (Å²) in [6.07, 6.45) is 1.81. The SMILES string of the molecule is CC1(C)C[C@@H]2[C@H]3O[C@H](O)[C@]4(O)O[C@@](C)(C[C@H]34)[C@H]2C1. The van der Waals surface area contributed by atoms with Crippen LogP contribution >= 0.6 is 0 Å². The molecular weight excluding hydrogens is 232 g/mol. The summed E-state index contributed by atoms with van der Waals surface area (Å²) in [5, 5.41) is 20.5. The molecule has 0 aromatic rings. The molecule has 2 N–H and O–H groups in total. The standard InChI is InChI=1S/C14H22O4/c1-12(2)4-7-8(5-12)13(3)6-9-10(7)17-11(15)14(9,16)18-13/h7-11,15-16H,4-6H2,1-3H3/t7-,8-,9+,10+,11-,13-,14+/m0/s1. The van der Waals surface area contributed by atoms with E-state index in [2.05, 4.69) is 20.8 Å². The fourth-order valence-corrected chi connectivity index (χ4v) is 5.25. The van der Waals surface area contributed by atoms with Gasteiger partial charge in [0.2, 0.25) is 12.1 Å². The number of hydrogen-bond donors (Lipinski definition) is 2. The lowest BCUT2D eigenvalue weighted by molar-refractivity contribution is -0.319. The lowest BCUT2D eigenvalue weighted by Gasteiger charge is -2.42. The van der Waals surface area contributed by atoms with Gasteiger partial charge in [0.05, 0.1) is 11.7 Å². The average Bonchev–Trinajstić information content (AvgIpc) is 2.76. The van der Waals surface area contributed by atoms with E-state index < -0.39 is 12.1 Å². The molecule has 4 rings (SSSR count). The highest BCUT2D eigenvalue weighted by molar-refractivity contribution is 5.16. The Labute approximate surface area is 107 Å². The van der Waals surface area contributed by atoms with Crippen LogP contribution in [0, 0.1) is 23.2 Å². The van der Waals surface area contributed by atoms with Crippen LogP contribution in [0.3, 0.4) is 0 Å². The zero-order valence-electron chi connectivity index (χ0n) is 11.2. The van der Waals surface area contributed by atoms with Gasteiger partial charge in [-0.05, 0) is 43.4 Å². The number of fused-ring (bicyclic) bond motifs is 4. The largest absolute Gasteiger partial charge is 0.364 e. The van der Waals surface area contributed by atoms with E-state index in [4.69, 9.17) is 9.47 Å². The molecule has 0 amide bonds. The summed E-state index contributed by atoms with van der Waals surface area (Å²) >= 11 is 0. The number of aliphatic hydroxyl groups is 2. The van der Waals surface area contributed by atoms with Gasteiger partial charge in [-0.15, -0.1) is 0 Å². The van der Waals surface area contributed by atoms with Crippen molar-refractivity contribution >= 4 is 0 Å². The topological polar surface area (TPSA) is 58.9 Å². The van der Waals surface area contributed by atoms with Crippen LogP contribution in [0.1, 0.15) is 40.0 Å². The third kappa shape index (κ3) is 1.16. The predicted octanol–water partition coefficient (Wildman–Crippen LogP) is 1.25. The summed E-state index contributed by atoms with van der Waals surface area (Å²) < 4.78 is 11.6. The van der Waals surface area contributed by atoms with E-state index >= 15 is 0 Å². The van der Waals surface area contributed by atoms with Crippen molar-refractivity contribution in [2.24, 2.45) is 23.2 Å². The molecule has 0 unspecified atom stereocenters. The van der Waals surface area contributed by atoms with Crippen molar-refractivity contribution in [1.82, 2.24) is 0 Å². The summed E-state index contributed by atoms with van der Waals surface area (Å²) in [5.74, 6) is -0.675. The molecule has 0 aromatic heterocycles. The minimum atomic E-state index is -1.46. The summed E-state index contributed by atoms with van der Waals surface area (Å²) in [4.78, 5) is 0. The molecule has 4 heteroatoms. The molecule has 2 saturated carbocycles. The van der Waals surface area contributed by atoms with Gasteiger partial charge in [0.15, 0.2) is 0 Å². The molecule has 18 heavy (non-hydrogen) atoms. The second-order valence-corrected chi connectivity index (χ2v) is 7.77. The van der Waals surface area contributed by atoms with Gasteiger partial charge in [0.1, 0.15) is 0 Å². The quantitative estimate of drug-likeness (QED) is 0.683. The van der Waals surface area contributed by atoms with E-state index in [9.17, 15) is 10.2 Å². The first-order chi connectivity index (χ1) is 8.25. The van der Waals surface area contributed by atoms with E-state index in [-0.39, 0.29) is 17.6 Å². The summed E-state index contributed by atoms with van der Waals surface area (Å²) in [7, 11) is 0. The highest BCUT2D eigenvalue weighted by Gasteiger charge is 2.74. The minimum absolute atomic E-state index is 0.0349. The molecule has 0 radical (unpaired) electrons. The minimum Gasteiger partial charge on any atom is -0.364 e. The van der Waals surface area contributed by atoms with Crippen molar-refractivity contribution in [2.45, 2.75) is 63.8 Å². The molecule has 2 aliphatic carbocycles. The Morgan fingerprint density at radius 1 is 1.06 bits per heavy atom. The van der Waals surface area contributed by atoms with Crippen LogP contribution in [-0.2, 0) is 9.47 Å².